The Morgan fingerprint density at radius 2 is 1.10 bits per heavy atom. The van der Waals surface area contributed by atoms with Crippen molar-refractivity contribution < 1.29 is 93.8 Å². The van der Waals surface area contributed by atoms with Crippen molar-refractivity contribution in [1.29, 1.82) is 0 Å². The quantitative estimate of drug-likeness (QED) is 0.197. The lowest BCUT2D eigenvalue weighted by atomic mass is 10.2. The lowest BCUT2D eigenvalue weighted by molar-refractivity contribution is -0.548. The lowest BCUT2D eigenvalue weighted by Crippen LogP contribution is -2.68. The van der Waals surface area contributed by atoms with Crippen molar-refractivity contribution in [3.05, 3.63) is 34.4 Å². The number of nitrogens with one attached hydrogen (secondary N) is 1. The molecule has 1 aromatic rings. The Bertz CT molecular complexity index is 1070. The molecule has 7 nitrogen and oxygen atoms in total. The minimum absolute atomic E-state index is 0.267. The molecular weight excluding hydrogens is 611 g/mol. The molecule has 2 atom stereocenters. The van der Waals surface area contributed by atoms with Gasteiger partial charge in [-0.3, -0.25) is 24.4 Å². The Kier molecular flexibility index (Phi) is 8.49. The average Bonchev–Trinajstić information content (AvgIpc) is 2.70. The molecule has 0 aliphatic rings. The maximum atomic E-state index is 14.4. The van der Waals surface area contributed by atoms with Crippen LogP contribution >= 0.6 is 0 Å². The third kappa shape index (κ3) is 6.19. The number of nitro benzene ring substituents is 1. The number of rotatable bonds is 9. The van der Waals surface area contributed by atoms with E-state index in [9.17, 15) is 89.5 Å². The minimum Gasteiger partial charge on any atom is -0.321 e. The number of carbonyl (C=O) groups is 1. The molecule has 0 saturated heterocycles. The average molecular weight is 616 g/mol. The van der Waals surface area contributed by atoms with E-state index in [0.717, 1.165) is 0 Å². The summed E-state index contributed by atoms with van der Waals surface area (Å²) in [7, 11) is 0. The van der Waals surface area contributed by atoms with Crippen LogP contribution in [0, 0.1) is 10.1 Å². The molecule has 1 N–H and O–H groups in total. The number of nitro groups is 1. The second-order valence-corrected chi connectivity index (χ2v) is 6.75. The lowest BCUT2D eigenvalue weighted by Gasteiger charge is -2.40. The van der Waals surface area contributed by atoms with Crippen molar-refractivity contribution in [1.82, 2.24) is 0 Å². The number of halogens is 17. The minimum atomic E-state index is -8.13. The third-order valence-corrected chi connectivity index (χ3v) is 3.99. The monoisotopic (exact) mass is 616 g/mol. The summed E-state index contributed by atoms with van der Waals surface area (Å²) in [4.78, 5) is 21.0. The van der Waals surface area contributed by atoms with E-state index in [4.69, 9.17) is 0 Å². The molecule has 0 aromatic heterocycles. The number of non-ortho nitro benzene ring substituents is 1. The van der Waals surface area contributed by atoms with Crippen LogP contribution in [0.4, 0.5) is 86.0 Å². The number of hydrogen-bond donors (Lipinski definition) is 1. The van der Waals surface area contributed by atoms with Gasteiger partial charge in [-0.25, -0.2) is 0 Å². The molecule has 1 rings (SSSR count). The van der Waals surface area contributed by atoms with Crippen molar-refractivity contribution in [3.8, 4) is 0 Å². The second-order valence-electron chi connectivity index (χ2n) is 6.75. The molecule has 1 amide bonds. The largest absolute Gasteiger partial charge is 0.462 e. The normalized spacial score (nSPS) is 17.3. The van der Waals surface area contributed by atoms with E-state index in [2.05, 4.69) is 0 Å². The predicted octanol–water partition coefficient (Wildman–Crippen LogP) is 6.41. The Morgan fingerprint density at radius 1 is 0.667 bits per heavy atom. The molecule has 0 heterocycles. The van der Waals surface area contributed by atoms with E-state index in [1.54, 1.807) is 0 Å². The molecule has 0 aliphatic heterocycles. The zero-order valence-corrected chi connectivity index (χ0v) is 17.2. The van der Waals surface area contributed by atoms with Gasteiger partial charge in [0.15, 0.2) is 0 Å². The van der Waals surface area contributed by atoms with Crippen LogP contribution in [0.5, 0.6) is 0 Å². The number of benzene rings is 1. The van der Waals surface area contributed by atoms with E-state index in [1.165, 1.54) is 4.74 Å². The number of ether oxygens (including phenoxy) is 2. The van der Waals surface area contributed by atoms with Gasteiger partial charge < -0.3 is 5.32 Å². The SMILES string of the molecule is O=C(Nc1ccc([N+](=O)[O-])cc1)C(F)(OC(F)(F)C(F)(OC(F)(F)C(F)(F)C(F)(F)F)C(F)(F)F)C(F)(F)F. The van der Waals surface area contributed by atoms with Gasteiger partial charge in [-0.2, -0.15) is 74.6 Å². The Hall–Kier alpha value is -3.18. The fourth-order valence-electron chi connectivity index (χ4n) is 2.04. The number of carbonyl (C=O) groups excluding carboxylic acids is 1. The summed E-state index contributed by atoms with van der Waals surface area (Å²) in [6, 6.07) is 1.27. The number of alkyl halides is 17. The summed E-state index contributed by atoms with van der Waals surface area (Å²) in [6.45, 7) is 0. The predicted molar refractivity (Wildman–Crippen MR) is 84.6 cm³/mol. The Labute approximate surface area is 200 Å². The van der Waals surface area contributed by atoms with Crippen molar-refractivity contribution in [2.75, 3.05) is 5.32 Å². The first kappa shape index (κ1) is 33.8. The van der Waals surface area contributed by atoms with Gasteiger partial charge in [-0.15, -0.1) is 0 Å². The van der Waals surface area contributed by atoms with Crippen LogP contribution in [-0.4, -0.2) is 59.2 Å². The maximum Gasteiger partial charge on any atom is 0.462 e. The van der Waals surface area contributed by atoms with Crippen molar-refractivity contribution in [2.24, 2.45) is 0 Å². The van der Waals surface area contributed by atoms with E-state index >= 15 is 0 Å². The van der Waals surface area contributed by atoms with Gasteiger partial charge in [0.1, 0.15) is 0 Å². The van der Waals surface area contributed by atoms with Crippen molar-refractivity contribution in [2.45, 2.75) is 48.4 Å². The highest BCUT2D eigenvalue weighted by Gasteiger charge is 2.85. The number of hydrogen-bond acceptors (Lipinski definition) is 5. The molecule has 224 valence electrons. The van der Waals surface area contributed by atoms with E-state index < -0.39 is 70.6 Å². The Balaban J connectivity index is 3.60. The number of amides is 1. The smallest absolute Gasteiger partial charge is 0.321 e. The maximum absolute atomic E-state index is 14.4. The van der Waals surface area contributed by atoms with Gasteiger partial charge in [-0.1, -0.05) is 0 Å². The first-order valence-corrected chi connectivity index (χ1v) is 8.64. The summed E-state index contributed by atoms with van der Waals surface area (Å²) < 4.78 is 226. The summed E-state index contributed by atoms with van der Waals surface area (Å²) in [5, 5.41) is 11.2. The number of nitrogens with zero attached hydrogens (tertiary/aromatic N) is 1. The third-order valence-electron chi connectivity index (χ3n) is 3.99. The summed E-state index contributed by atoms with van der Waals surface area (Å²) in [5.74, 6) is -26.6. The zero-order chi connectivity index (χ0) is 31.3. The first-order valence-electron chi connectivity index (χ1n) is 8.64. The molecule has 39 heavy (non-hydrogen) atoms. The first-order chi connectivity index (χ1) is 17.0. The molecule has 0 saturated carbocycles. The molecular formula is C15H5F17N2O5. The van der Waals surface area contributed by atoms with Gasteiger partial charge in [0.2, 0.25) is 0 Å². The van der Waals surface area contributed by atoms with Gasteiger partial charge in [0.05, 0.1) is 4.92 Å². The zero-order valence-electron chi connectivity index (χ0n) is 17.2. The molecule has 0 aliphatic carbocycles. The van der Waals surface area contributed by atoms with E-state index in [-0.39, 0.29) is 12.1 Å². The topological polar surface area (TPSA) is 90.7 Å². The molecule has 0 bridgehead atoms. The van der Waals surface area contributed by atoms with Crippen LogP contribution in [-0.2, 0) is 14.3 Å². The standard InChI is InChI=1S/C15H5F17N2O5/c16-8(11(20,21)22,7(35)33-5-1-3-6(4-2-5)34(36)37)38-15(31,32)10(19,13(26,27)28)39-14(29,30)9(17,18)12(23,24)25/h1-4H,(H,33,35). The fraction of sp³-hybridized carbons (Fsp3) is 0.533. The van der Waals surface area contributed by atoms with Gasteiger partial charge >= 0.3 is 48.4 Å². The second kappa shape index (κ2) is 9.78. The molecule has 1 aromatic carbocycles. The Morgan fingerprint density at radius 3 is 1.44 bits per heavy atom. The van der Waals surface area contributed by atoms with Gasteiger partial charge in [-0.05, 0) is 12.1 Å². The highest BCUT2D eigenvalue weighted by atomic mass is 19.4. The van der Waals surface area contributed by atoms with Gasteiger partial charge in [0, 0.05) is 17.8 Å². The van der Waals surface area contributed by atoms with Gasteiger partial charge in [0.25, 0.3) is 11.6 Å². The summed E-state index contributed by atoms with van der Waals surface area (Å²) in [6.07, 6.45) is -38.9. The highest BCUT2D eigenvalue weighted by Crippen LogP contribution is 2.56. The van der Waals surface area contributed by atoms with Crippen LogP contribution in [0.25, 0.3) is 0 Å². The van der Waals surface area contributed by atoms with Crippen LogP contribution in [0.1, 0.15) is 0 Å². The fourth-order valence-corrected chi connectivity index (χ4v) is 2.04. The summed E-state index contributed by atoms with van der Waals surface area (Å²) >= 11 is 0. The van der Waals surface area contributed by atoms with Crippen LogP contribution in [0.3, 0.4) is 0 Å². The van der Waals surface area contributed by atoms with Crippen LogP contribution in [0.15, 0.2) is 24.3 Å². The molecule has 24 heteroatoms. The highest BCUT2D eigenvalue weighted by molar-refractivity contribution is 5.97. The van der Waals surface area contributed by atoms with E-state index in [0.29, 0.717) is 17.4 Å². The van der Waals surface area contributed by atoms with Crippen LogP contribution < -0.4 is 5.32 Å². The van der Waals surface area contributed by atoms with E-state index in [1.807, 2.05) is 4.74 Å². The molecule has 0 spiro atoms. The molecule has 0 radical (unpaired) electrons. The molecule has 2 unspecified atom stereocenters. The van der Waals surface area contributed by atoms with Crippen molar-refractivity contribution >= 4 is 17.3 Å². The van der Waals surface area contributed by atoms with Crippen molar-refractivity contribution in [3.63, 3.8) is 0 Å². The number of anilines is 1. The van der Waals surface area contributed by atoms with Crippen LogP contribution in [0.2, 0.25) is 0 Å². The summed E-state index contributed by atoms with van der Waals surface area (Å²) in [5.41, 5.74) is -2.04. The molecule has 0 fully saturated rings.